The second-order valence-electron chi connectivity index (χ2n) is 7.13. The number of amides is 1. The summed E-state index contributed by atoms with van der Waals surface area (Å²) >= 11 is 1.06. The highest BCUT2D eigenvalue weighted by Gasteiger charge is 2.25. The lowest BCUT2D eigenvalue weighted by Gasteiger charge is -2.25. The largest absolute Gasteiger partial charge is 0.493 e. The third-order valence-corrected chi connectivity index (χ3v) is 6.35. The van der Waals surface area contributed by atoms with E-state index in [4.69, 9.17) is 14.2 Å². The molecule has 186 valence electrons. The molecule has 11 heteroatoms. The van der Waals surface area contributed by atoms with Crippen molar-refractivity contribution in [1.82, 2.24) is 9.88 Å². The number of benzene rings is 2. The van der Waals surface area contributed by atoms with E-state index in [0.29, 0.717) is 35.0 Å². The van der Waals surface area contributed by atoms with Crippen LogP contribution < -0.4 is 19.1 Å². The van der Waals surface area contributed by atoms with Gasteiger partial charge in [-0.1, -0.05) is 25.2 Å². The Hall–Kier alpha value is -2.69. The molecule has 0 fully saturated rings. The molecule has 0 aliphatic heterocycles. The molecule has 1 aromatic heterocycles. The van der Waals surface area contributed by atoms with Gasteiger partial charge in [0.2, 0.25) is 5.75 Å². The Morgan fingerprint density at radius 2 is 1.59 bits per heavy atom. The predicted octanol–water partition coefficient (Wildman–Crippen LogP) is 5.01. The third-order valence-electron chi connectivity index (χ3n) is 5.32. The van der Waals surface area contributed by atoms with Crippen LogP contribution in [0.4, 0.5) is 13.9 Å². The minimum atomic E-state index is -0.767. The van der Waals surface area contributed by atoms with Crippen molar-refractivity contribution >= 4 is 45.0 Å². The molecular formula is C23H28ClF2N3O4S. The normalized spacial score (nSPS) is 10.8. The lowest BCUT2D eigenvalue weighted by Crippen LogP contribution is -2.38. The lowest BCUT2D eigenvalue weighted by molar-refractivity contribution is 0.0983. The van der Waals surface area contributed by atoms with Crippen LogP contribution in [0.1, 0.15) is 24.2 Å². The molecule has 0 saturated heterocycles. The van der Waals surface area contributed by atoms with Gasteiger partial charge >= 0.3 is 0 Å². The molecule has 0 aliphatic rings. The Morgan fingerprint density at radius 1 is 0.971 bits per heavy atom. The number of nitrogens with zero attached hydrogens (tertiary/aromatic N) is 3. The highest BCUT2D eigenvalue weighted by molar-refractivity contribution is 7.22. The van der Waals surface area contributed by atoms with Gasteiger partial charge in [0.05, 0.1) is 26.0 Å². The van der Waals surface area contributed by atoms with Gasteiger partial charge in [-0.15, -0.1) is 12.4 Å². The van der Waals surface area contributed by atoms with E-state index in [1.54, 1.807) is 12.1 Å². The fourth-order valence-electron chi connectivity index (χ4n) is 3.49. The van der Waals surface area contributed by atoms with Gasteiger partial charge in [-0.3, -0.25) is 9.69 Å². The summed E-state index contributed by atoms with van der Waals surface area (Å²) in [5.74, 6) is -0.801. The van der Waals surface area contributed by atoms with Crippen LogP contribution in [-0.4, -0.2) is 63.3 Å². The maximum absolute atomic E-state index is 14.3. The molecule has 2 aromatic carbocycles. The molecule has 3 rings (SSSR count). The minimum Gasteiger partial charge on any atom is -0.493 e. The molecule has 7 nitrogen and oxygen atoms in total. The van der Waals surface area contributed by atoms with Crippen molar-refractivity contribution in [3.05, 3.63) is 41.5 Å². The van der Waals surface area contributed by atoms with Gasteiger partial charge in [-0.25, -0.2) is 13.8 Å². The van der Waals surface area contributed by atoms with Crippen molar-refractivity contribution < 1.29 is 27.8 Å². The molecule has 0 aliphatic carbocycles. The number of aromatic nitrogens is 1. The molecule has 0 radical (unpaired) electrons. The van der Waals surface area contributed by atoms with E-state index >= 15 is 0 Å². The molecule has 0 unspecified atom stereocenters. The van der Waals surface area contributed by atoms with E-state index in [0.717, 1.165) is 30.5 Å². The number of thiazole rings is 1. The Bertz CT molecular complexity index is 1120. The number of rotatable bonds is 10. The number of hydrogen-bond acceptors (Lipinski definition) is 7. The molecular weight excluding hydrogens is 488 g/mol. The number of likely N-dealkylation sites (N-methyl/N-ethyl adjacent to an activating group) is 1. The molecule has 0 atom stereocenters. The maximum atomic E-state index is 14.3. The molecule has 0 spiro atoms. The van der Waals surface area contributed by atoms with Crippen LogP contribution in [0, 0.1) is 11.6 Å². The van der Waals surface area contributed by atoms with Crippen LogP contribution in [-0.2, 0) is 0 Å². The smallest absolute Gasteiger partial charge is 0.260 e. The Kier molecular flexibility index (Phi) is 9.84. The van der Waals surface area contributed by atoms with Crippen LogP contribution in [0.2, 0.25) is 0 Å². The maximum Gasteiger partial charge on any atom is 0.260 e. The molecule has 34 heavy (non-hydrogen) atoms. The van der Waals surface area contributed by atoms with Gasteiger partial charge in [0.15, 0.2) is 22.4 Å². The van der Waals surface area contributed by atoms with Crippen molar-refractivity contribution in [3.63, 3.8) is 0 Å². The first-order valence-electron chi connectivity index (χ1n) is 10.5. The minimum absolute atomic E-state index is 0. The van der Waals surface area contributed by atoms with Crippen molar-refractivity contribution in [2.75, 3.05) is 52.4 Å². The first-order chi connectivity index (χ1) is 15.9. The summed E-state index contributed by atoms with van der Waals surface area (Å²) in [7, 11) is 4.41. The van der Waals surface area contributed by atoms with E-state index in [2.05, 4.69) is 9.88 Å². The fourth-order valence-corrected chi connectivity index (χ4v) is 4.52. The summed E-state index contributed by atoms with van der Waals surface area (Å²) in [6.45, 7) is 6.57. The third kappa shape index (κ3) is 5.68. The second-order valence-corrected chi connectivity index (χ2v) is 8.14. The summed E-state index contributed by atoms with van der Waals surface area (Å²) in [4.78, 5) is 21.6. The first-order valence-corrected chi connectivity index (χ1v) is 11.3. The van der Waals surface area contributed by atoms with Gasteiger partial charge in [-0.05, 0) is 31.3 Å². The van der Waals surface area contributed by atoms with Crippen LogP contribution in [0.3, 0.4) is 0 Å². The molecule has 1 amide bonds. The van der Waals surface area contributed by atoms with E-state index in [9.17, 15) is 13.6 Å². The number of fused-ring (bicyclic) bond motifs is 1. The van der Waals surface area contributed by atoms with Crippen LogP contribution in [0.15, 0.2) is 24.3 Å². The summed E-state index contributed by atoms with van der Waals surface area (Å²) in [5, 5.41) is 0.278. The molecule has 1 heterocycles. The summed E-state index contributed by atoms with van der Waals surface area (Å²) in [6.07, 6.45) is 0. The number of methoxy groups -OCH3 is 3. The van der Waals surface area contributed by atoms with Crippen molar-refractivity contribution in [1.29, 1.82) is 0 Å². The quantitative estimate of drug-likeness (QED) is 0.378. The fraction of sp³-hybridized carbons (Fsp3) is 0.391. The highest BCUT2D eigenvalue weighted by atomic mass is 35.5. The zero-order chi connectivity index (χ0) is 24.1. The van der Waals surface area contributed by atoms with Crippen LogP contribution in [0.25, 0.3) is 10.2 Å². The van der Waals surface area contributed by atoms with Crippen LogP contribution >= 0.6 is 23.7 Å². The molecule has 0 N–H and O–H groups in total. The van der Waals surface area contributed by atoms with E-state index in [1.165, 1.54) is 32.3 Å². The molecule has 0 bridgehead atoms. The standard InChI is InChI=1S/C23H27F2N3O4S.ClH/c1-6-27(7-2)8-9-28(23-26-20-16(25)12-15(24)13-19(20)33-23)22(29)14-10-17(30-3)21(32-5)18(11-14)31-4;/h10-13H,6-9H2,1-5H3;1H. The van der Waals surface area contributed by atoms with E-state index in [1.807, 2.05) is 13.8 Å². The van der Waals surface area contributed by atoms with E-state index in [-0.39, 0.29) is 34.5 Å². The number of ether oxygens (including phenoxy) is 3. The predicted molar refractivity (Wildman–Crippen MR) is 132 cm³/mol. The zero-order valence-electron chi connectivity index (χ0n) is 19.7. The van der Waals surface area contributed by atoms with Gasteiger partial charge in [-0.2, -0.15) is 0 Å². The molecule has 3 aromatic rings. The monoisotopic (exact) mass is 515 g/mol. The summed E-state index contributed by atoms with van der Waals surface area (Å²) < 4.78 is 44.4. The number of anilines is 1. The number of carbonyl (C=O) groups is 1. The highest BCUT2D eigenvalue weighted by Crippen LogP contribution is 2.39. The lowest BCUT2D eigenvalue weighted by atomic mass is 10.1. The zero-order valence-corrected chi connectivity index (χ0v) is 21.3. The SMILES string of the molecule is CCN(CC)CCN(C(=O)c1cc(OC)c(OC)c(OC)c1)c1nc2c(F)cc(F)cc2s1.Cl. The van der Waals surface area contributed by atoms with Crippen molar-refractivity contribution in [3.8, 4) is 17.2 Å². The van der Waals surface area contributed by atoms with Gasteiger partial charge in [0.1, 0.15) is 11.3 Å². The van der Waals surface area contributed by atoms with Crippen molar-refractivity contribution in [2.45, 2.75) is 13.8 Å². The number of hydrogen-bond donors (Lipinski definition) is 0. The Balaban J connectivity index is 0.00000408. The van der Waals surface area contributed by atoms with Gasteiger partial charge < -0.3 is 19.1 Å². The Labute approximate surface area is 207 Å². The van der Waals surface area contributed by atoms with Crippen LogP contribution in [0.5, 0.6) is 17.2 Å². The first kappa shape index (κ1) is 27.6. The number of carbonyl (C=O) groups excluding carboxylic acids is 1. The Morgan fingerprint density at radius 3 is 2.12 bits per heavy atom. The average molecular weight is 516 g/mol. The second kappa shape index (κ2) is 12.1. The average Bonchev–Trinajstić information content (AvgIpc) is 3.24. The topological polar surface area (TPSA) is 64.1 Å². The number of halogens is 3. The molecule has 0 saturated carbocycles. The summed E-state index contributed by atoms with van der Waals surface area (Å²) in [6, 6.07) is 5.11. The van der Waals surface area contributed by atoms with E-state index < -0.39 is 11.6 Å². The van der Waals surface area contributed by atoms with Gasteiger partial charge in [0, 0.05) is 24.7 Å². The summed E-state index contributed by atoms with van der Waals surface area (Å²) in [5.41, 5.74) is 0.317. The van der Waals surface area contributed by atoms with Gasteiger partial charge in [0.25, 0.3) is 5.91 Å². The van der Waals surface area contributed by atoms with Crippen molar-refractivity contribution in [2.24, 2.45) is 0 Å².